The standard InChI is InChI=1S/C12H14N4O3/c1-19-9-5-3-2-4-8(9)16-12(14)7(6-10(17)18)11(13)15-16/h2-5H,6,14H2,1H3,(H2,13,15)(H,17,18). The van der Waals surface area contributed by atoms with Crippen molar-refractivity contribution in [1.29, 1.82) is 0 Å². The van der Waals surface area contributed by atoms with Crippen LogP contribution in [-0.2, 0) is 11.2 Å². The number of methoxy groups -OCH3 is 1. The number of para-hydroxylation sites is 2. The topological polar surface area (TPSA) is 116 Å². The predicted octanol–water partition coefficient (Wildman–Crippen LogP) is 0.672. The largest absolute Gasteiger partial charge is 0.494 e. The summed E-state index contributed by atoms with van der Waals surface area (Å²) in [6, 6.07) is 7.12. The molecule has 19 heavy (non-hydrogen) atoms. The number of carbonyl (C=O) groups is 1. The molecule has 0 radical (unpaired) electrons. The Balaban J connectivity index is 2.55. The molecule has 0 fully saturated rings. The normalized spacial score (nSPS) is 10.4. The lowest BCUT2D eigenvalue weighted by Gasteiger charge is -2.09. The van der Waals surface area contributed by atoms with Crippen molar-refractivity contribution < 1.29 is 14.6 Å². The Morgan fingerprint density at radius 3 is 2.74 bits per heavy atom. The molecule has 2 aromatic rings. The van der Waals surface area contributed by atoms with Gasteiger partial charge < -0.3 is 21.3 Å². The number of carboxylic acid groups (broad SMARTS) is 1. The first kappa shape index (κ1) is 12.7. The second kappa shape index (κ2) is 4.89. The van der Waals surface area contributed by atoms with Crippen molar-refractivity contribution in [3.05, 3.63) is 29.8 Å². The van der Waals surface area contributed by atoms with Gasteiger partial charge in [-0.2, -0.15) is 0 Å². The molecule has 0 aliphatic rings. The third-order valence-corrected chi connectivity index (χ3v) is 2.70. The average molecular weight is 262 g/mol. The highest BCUT2D eigenvalue weighted by Crippen LogP contribution is 2.28. The van der Waals surface area contributed by atoms with E-state index in [0.717, 1.165) is 0 Å². The summed E-state index contributed by atoms with van der Waals surface area (Å²) in [5.74, 6) is -0.147. The first-order valence-corrected chi connectivity index (χ1v) is 5.52. The molecule has 0 amide bonds. The molecular formula is C12H14N4O3. The van der Waals surface area contributed by atoms with Gasteiger partial charge in [0.2, 0.25) is 0 Å². The highest BCUT2D eigenvalue weighted by molar-refractivity contribution is 5.76. The number of anilines is 2. The lowest BCUT2D eigenvalue weighted by atomic mass is 10.2. The van der Waals surface area contributed by atoms with Gasteiger partial charge in [-0.05, 0) is 12.1 Å². The van der Waals surface area contributed by atoms with E-state index in [1.807, 2.05) is 6.07 Å². The number of aromatic nitrogens is 2. The summed E-state index contributed by atoms with van der Waals surface area (Å²) in [5, 5.41) is 12.9. The number of rotatable bonds is 4. The van der Waals surface area contributed by atoms with Crippen LogP contribution < -0.4 is 16.2 Å². The maximum absolute atomic E-state index is 10.8. The molecule has 0 unspecified atom stereocenters. The van der Waals surface area contributed by atoms with E-state index in [1.165, 1.54) is 11.8 Å². The van der Waals surface area contributed by atoms with Crippen LogP contribution in [0.2, 0.25) is 0 Å². The van der Waals surface area contributed by atoms with Crippen molar-refractivity contribution in [1.82, 2.24) is 9.78 Å². The Labute approximate surface area is 109 Å². The summed E-state index contributed by atoms with van der Waals surface area (Å²) in [6.45, 7) is 0. The minimum Gasteiger partial charge on any atom is -0.494 e. The number of nitrogens with two attached hydrogens (primary N) is 2. The van der Waals surface area contributed by atoms with Crippen LogP contribution in [0, 0.1) is 0 Å². The van der Waals surface area contributed by atoms with Gasteiger partial charge in [-0.1, -0.05) is 12.1 Å². The lowest BCUT2D eigenvalue weighted by molar-refractivity contribution is -0.136. The fourth-order valence-electron chi connectivity index (χ4n) is 1.80. The van der Waals surface area contributed by atoms with Gasteiger partial charge in [0.05, 0.1) is 13.5 Å². The Bertz CT molecular complexity index is 621. The van der Waals surface area contributed by atoms with Crippen molar-refractivity contribution >= 4 is 17.6 Å². The number of ether oxygens (including phenoxy) is 1. The zero-order valence-corrected chi connectivity index (χ0v) is 10.3. The number of benzene rings is 1. The van der Waals surface area contributed by atoms with Crippen LogP contribution >= 0.6 is 0 Å². The molecule has 0 aliphatic carbocycles. The summed E-state index contributed by atoms with van der Waals surface area (Å²) in [7, 11) is 1.53. The third-order valence-electron chi connectivity index (χ3n) is 2.70. The maximum Gasteiger partial charge on any atom is 0.308 e. The van der Waals surface area contributed by atoms with Gasteiger partial charge in [0.25, 0.3) is 0 Å². The smallest absolute Gasteiger partial charge is 0.308 e. The van der Waals surface area contributed by atoms with E-state index < -0.39 is 5.97 Å². The average Bonchev–Trinajstić information content (AvgIpc) is 2.66. The van der Waals surface area contributed by atoms with Crippen LogP contribution in [0.1, 0.15) is 5.56 Å². The van der Waals surface area contributed by atoms with E-state index in [2.05, 4.69) is 5.10 Å². The van der Waals surface area contributed by atoms with E-state index in [4.69, 9.17) is 21.3 Å². The van der Waals surface area contributed by atoms with E-state index in [0.29, 0.717) is 17.0 Å². The number of hydrogen-bond donors (Lipinski definition) is 3. The third kappa shape index (κ3) is 2.30. The minimum absolute atomic E-state index is 0.103. The monoisotopic (exact) mass is 262 g/mol. The Morgan fingerprint density at radius 2 is 2.11 bits per heavy atom. The van der Waals surface area contributed by atoms with Crippen molar-refractivity contribution in [2.75, 3.05) is 18.6 Å². The summed E-state index contributed by atoms with van der Waals surface area (Å²) < 4.78 is 6.59. The van der Waals surface area contributed by atoms with Crippen LogP contribution in [0.4, 0.5) is 11.6 Å². The quantitative estimate of drug-likeness (QED) is 0.745. The molecule has 1 heterocycles. The van der Waals surface area contributed by atoms with Gasteiger partial charge >= 0.3 is 5.97 Å². The second-order valence-electron chi connectivity index (χ2n) is 3.90. The summed E-state index contributed by atoms with van der Waals surface area (Å²) in [5.41, 5.74) is 12.5. The van der Waals surface area contributed by atoms with Crippen LogP contribution in [0.15, 0.2) is 24.3 Å². The molecule has 2 rings (SSSR count). The Hall–Kier alpha value is -2.70. The van der Waals surface area contributed by atoms with Gasteiger partial charge in [0.1, 0.15) is 17.3 Å². The van der Waals surface area contributed by atoms with Crippen LogP contribution in [0.25, 0.3) is 5.69 Å². The summed E-state index contributed by atoms with van der Waals surface area (Å²) in [4.78, 5) is 10.8. The fourth-order valence-corrected chi connectivity index (χ4v) is 1.80. The molecule has 0 saturated carbocycles. The SMILES string of the molecule is COc1ccccc1-n1nc(N)c(CC(=O)O)c1N. The highest BCUT2D eigenvalue weighted by Gasteiger charge is 2.18. The van der Waals surface area contributed by atoms with Gasteiger partial charge in [0, 0.05) is 5.56 Å². The molecule has 0 aliphatic heterocycles. The Kier molecular flexibility index (Phi) is 3.28. The van der Waals surface area contributed by atoms with E-state index >= 15 is 0 Å². The molecule has 100 valence electrons. The van der Waals surface area contributed by atoms with Crippen LogP contribution in [-0.4, -0.2) is 28.0 Å². The number of hydrogen-bond acceptors (Lipinski definition) is 5. The molecule has 5 N–H and O–H groups in total. The first-order chi connectivity index (χ1) is 9.04. The van der Waals surface area contributed by atoms with E-state index in [1.54, 1.807) is 18.2 Å². The molecule has 0 bridgehead atoms. The van der Waals surface area contributed by atoms with E-state index in [9.17, 15) is 4.79 Å². The molecule has 0 spiro atoms. The molecular weight excluding hydrogens is 248 g/mol. The van der Waals surface area contributed by atoms with Crippen molar-refractivity contribution in [2.24, 2.45) is 0 Å². The van der Waals surface area contributed by atoms with Crippen molar-refractivity contribution in [2.45, 2.75) is 6.42 Å². The number of aliphatic carboxylic acids is 1. The summed E-state index contributed by atoms with van der Waals surface area (Å²) in [6.07, 6.45) is -0.271. The van der Waals surface area contributed by atoms with Gasteiger partial charge in [-0.3, -0.25) is 4.79 Å². The zero-order chi connectivity index (χ0) is 14.0. The zero-order valence-electron chi connectivity index (χ0n) is 10.3. The van der Waals surface area contributed by atoms with Gasteiger partial charge in [-0.15, -0.1) is 5.10 Å². The van der Waals surface area contributed by atoms with Crippen LogP contribution in [0.5, 0.6) is 5.75 Å². The Morgan fingerprint density at radius 1 is 1.42 bits per heavy atom. The van der Waals surface area contributed by atoms with Crippen molar-refractivity contribution in [3.63, 3.8) is 0 Å². The maximum atomic E-state index is 10.8. The van der Waals surface area contributed by atoms with Crippen LogP contribution in [0.3, 0.4) is 0 Å². The highest BCUT2D eigenvalue weighted by atomic mass is 16.5. The molecule has 7 heteroatoms. The number of nitrogen functional groups attached to an aromatic ring is 2. The molecule has 7 nitrogen and oxygen atoms in total. The molecule has 1 aromatic carbocycles. The van der Waals surface area contributed by atoms with Gasteiger partial charge in [-0.25, -0.2) is 4.68 Å². The van der Waals surface area contributed by atoms with E-state index in [-0.39, 0.29) is 18.1 Å². The molecule has 0 saturated heterocycles. The molecule has 1 aromatic heterocycles. The lowest BCUT2D eigenvalue weighted by Crippen LogP contribution is -2.07. The number of nitrogens with zero attached hydrogens (tertiary/aromatic N) is 2. The second-order valence-corrected chi connectivity index (χ2v) is 3.90. The fraction of sp³-hybridized carbons (Fsp3) is 0.167. The summed E-state index contributed by atoms with van der Waals surface area (Å²) >= 11 is 0. The number of carboxylic acids is 1. The van der Waals surface area contributed by atoms with Crippen molar-refractivity contribution in [3.8, 4) is 11.4 Å². The predicted molar refractivity (Wildman–Crippen MR) is 70.3 cm³/mol. The van der Waals surface area contributed by atoms with Gasteiger partial charge in [0.15, 0.2) is 5.82 Å². The molecule has 0 atom stereocenters. The minimum atomic E-state index is -1.02. The first-order valence-electron chi connectivity index (χ1n) is 5.52.